The zero-order chi connectivity index (χ0) is 13.0. The molecular weight excluding hydrogens is 228 g/mol. The van der Waals surface area contributed by atoms with E-state index in [-0.39, 0.29) is 12.0 Å². The molecule has 0 bridgehead atoms. The van der Waals surface area contributed by atoms with Crippen LogP contribution in [-0.2, 0) is 16.1 Å². The minimum absolute atomic E-state index is 0.189. The van der Waals surface area contributed by atoms with Gasteiger partial charge in [-0.05, 0) is 36.5 Å². The zero-order valence-electron chi connectivity index (χ0n) is 10.3. The van der Waals surface area contributed by atoms with Gasteiger partial charge >= 0.3 is 5.97 Å². The number of esters is 1. The Hall–Kier alpha value is -1.86. The summed E-state index contributed by atoms with van der Waals surface area (Å²) in [6.45, 7) is 0.613. The van der Waals surface area contributed by atoms with Crippen molar-refractivity contribution in [1.29, 1.82) is 5.26 Å². The fraction of sp³-hybridized carbons (Fsp3) is 0.429. The molecule has 94 valence electrons. The third-order valence-corrected chi connectivity index (χ3v) is 3.16. The minimum Gasteiger partial charge on any atom is -0.468 e. The summed E-state index contributed by atoms with van der Waals surface area (Å²) in [5.74, 6) is 0.224. The van der Waals surface area contributed by atoms with Crippen molar-refractivity contribution in [2.45, 2.75) is 25.4 Å². The maximum absolute atomic E-state index is 11.6. The molecule has 4 nitrogen and oxygen atoms in total. The highest BCUT2D eigenvalue weighted by atomic mass is 16.5. The van der Waals surface area contributed by atoms with E-state index < -0.39 is 0 Å². The van der Waals surface area contributed by atoms with Crippen molar-refractivity contribution < 1.29 is 9.53 Å². The van der Waals surface area contributed by atoms with Gasteiger partial charge in [0.1, 0.15) is 6.04 Å². The lowest BCUT2D eigenvalue weighted by atomic mass is 10.1. The fourth-order valence-corrected chi connectivity index (χ4v) is 1.92. The Labute approximate surface area is 107 Å². The number of hydrogen-bond donors (Lipinski definition) is 1. The van der Waals surface area contributed by atoms with Crippen LogP contribution < -0.4 is 5.32 Å². The average Bonchev–Trinajstić information content (AvgIpc) is 3.24. The number of nitrogens with zero attached hydrogens (tertiary/aromatic N) is 1. The van der Waals surface area contributed by atoms with Gasteiger partial charge in [-0.1, -0.05) is 12.1 Å². The first-order chi connectivity index (χ1) is 8.74. The van der Waals surface area contributed by atoms with Crippen LogP contribution in [0.5, 0.6) is 0 Å². The van der Waals surface area contributed by atoms with E-state index in [0.29, 0.717) is 18.0 Å². The van der Waals surface area contributed by atoms with Crippen molar-refractivity contribution in [2.24, 2.45) is 5.92 Å². The number of nitriles is 1. The van der Waals surface area contributed by atoms with Crippen molar-refractivity contribution in [2.75, 3.05) is 7.11 Å². The number of benzene rings is 1. The SMILES string of the molecule is COC(=O)C(NCc1ccc(C#N)cc1)C1CC1. The molecule has 0 saturated heterocycles. The smallest absolute Gasteiger partial charge is 0.323 e. The fourth-order valence-electron chi connectivity index (χ4n) is 1.92. The van der Waals surface area contributed by atoms with E-state index in [1.54, 1.807) is 12.1 Å². The molecule has 0 radical (unpaired) electrons. The van der Waals surface area contributed by atoms with Gasteiger partial charge < -0.3 is 10.1 Å². The van der Waals surface area contributed by atoms with Gasteiger partial charge in [0.05, 0.1) is 18.7 Å². The highest BCUT2D eigenvalue weighted by Gasteiger charge is 2.36. The maximum atomic E-state index is 11.6. The first-order valence-electron chi connectivity index (χ1n) is 6.05. The molecule has 1 aromatic carbocycles. The van der Waals surface area contributed by atoms with Crippen LogP contribution in [-0.4, -0.2) is 19.1 Å². The molecule has 1 unspecified atom stereocenters. The van der Waals surface area contributed by atoms with E-state index in [4.69, 9.17) is 10.00 Å². The monoisotopic (exact) mass is 244 g/mol. The van der Waals surface area contributed by atoms with E-state index >= 15 is 0 Å². The summed E-state index contributed by atoms with van der Waals surface area (Å²) in [6, 6.07) is 9.23. The van der Waals surface area contributed by atoms with Crippen LogP contribution >= 0.6 is 0 Å². The lowest BCUT2D eigenvalue weighted by Crippen LogP contribution is -2.39. The number of carbonyl (C=O) groups is 1. The van der Waals surface area contributed by atoms with E-state index in [9.17, 15) is 4.79 Å². The van der Waals surface area contributed by atoms with Crippen LogP contribution in [0.4, 0.5) is 0 Å². The summed E-state index contributed by atoms with van der Waals surface area (Å²) in [5.41, 5.74) is 1.70. The summed E-state index contributed by atoms with van der Waals surface area (Å²) < 4.78 is 4.79. The lowest BCUT2D eigenvalue weighted by molar-refractivity contribution is -0.143. The average molecular weight is 244 g/mol. The standard InChI is InChI=1S/C14H16N2O2/c1-18-14(17)13(12-6-7-12)16-9-11-4-2-10(8-15)3-5-11/h2-5,12-13,16H,6-7,9H2,1H3. The summed E-state index contributed by atoms with van der Waals surface area (Å²) in [5, 5.41) is 11.9. The number of ether oxygens (including phenoxy) is 1. The van der Waals surface area contributed by atoms with Crippen LogP contribution in [0.15, 0.2) is 24.3 Å². The van der Waals surface area contributed by atoms with Gasteiger partial charge in [-0.3, -0.25) is 4.79 Å². The summed E-state index contributed by atoms with van der Waals surface area (Å²) in [4.78, 5) is 11.6. The van der Waals surface area contributed by atoms with Gasteiger partial charge in [0, 0.05) is 6.54 Å². The Balaban J connectivity index is 1.92. The summed E-state index contributed by atoms with van der Waals surface area (Å²) in [7, 11) is 1.42. The Kier molecular flexibility index (Phi) is 3.96. The minimum atomic E-state index is -0.203. The zero-order valence-corrected chi connectivity index (χ0v) is 10.3. The number of nitrogens with one attached hydrogen (secondary N) is 1. The quantitative estimate of drug-likeness (QED) is 0.799. The maximum Gasteiger partial charge on any atom is 0.323 e. The number of rotatable bonds is 5. The Morgan fingerprint density at radius 2 is 2.17 bits per heavy atom. The molecule has 1 saturated carbocycles. The summed E-state index contributed by atoms with van der Waals surface area (Å²) >= 11 is 0. The number of hydrogen-bond acceptors (Lipinski definition) is 4. The molecule has 0 amide bonds. The lowest BCUT2D eigenvalue weighted by Gasteiger charge is -2.15. The molecule has 0 heterocycles. The predicted octanol–water partition coefficient (Wildman–Crippen LogP) is 1.60. The molecule has 0 aliphatic heterocycles. The van der Waals surface area contributed by atoms with Crippen molar-refractivity contribution in [3.05, 3.63) is 35.4 Å². The Bertz CT molecular complexity index is 458. The Morgan fingerprint density at radius 3 is 2.67 bits per heavy atom. The first-order valence-corrected chi connectivity index (χ1v) is 6.05. The van der Waals surface area contributed by atoms with E-state index in [0.717, 1.165) is 18.4 Å². The molecular formula is C14H16N2O2. The van der Waals surface area contributed by atoms with Crippen molar-refractivity contribution in [1.82, 2.24) is 5.32 Å². The number of methoxy groups -OCH3 is 1. The molecule has 1 aliphatic rings. The molecule has 18 heavy (non-hydrogen) atoms. The largest absolute Gasteiger partial charge is 0.468 e. The molecule has 1 atom stereocenters. The molecule has 2 rings (SSSR count). The van der Waals surface area contributed by atoms with Gasteiger partial charge in [0.25, 0.3) is 0 Å². The molecule has 0 aromatic heterocycles. The van der Waals surface area contributed by atoms with E-state index in [2.05, 4.69) is 11.4 Å². The third kappa shape index (κ3) is 3.08. The Morgan fingerprint density at radius 1 is 1.50 bits per heavy atom. The summed E-state index contributed by atoms with van der Waals surface area (Å²) in [6.07, 6.45) is 2.17. The van der Waals surface area contributed by atoms with Gasteiger partial charge in [-0.15, -0.1) is 0 Å². The third-order valence-electron chi connectivity index (χ3n) is 3.16. The van der Waals surface area contributed by atoms with Crippen molar-refractivity contribution in [3.63, 3.8) is 0 Å². The molecule has 1 N–H and O–H groups in total. The first kappa shape index (κ1) is 12.6. The second-order valence-electron chi connectivity index (χ2n) is 4.53. The van der Waals surface area contributed by atoms with Gasteiger partial charge in [0.15, 0.2) is 0 Å². The van der Waals surface area contributed by atoms with Crippen LogP contribution in [0.2, 0.25) is 0 Å². The molecule has 1 aromatic rings. The van der Waals surface area contributed by atoms with Crippen molar-refractivity contribution in [3.8, 4) is 6.07 Å². The van der Waals surface area contributed by atoms with Gasteiger partial charge in [0.2, 0.25) is 0 Å². The van der Waals surface area contributed by atoms with Gasteiger partial charge in [-0.2, -0.15) is 5.26 Å². The van der Waals surface area contributed by atoms with Crippen LogP contribution in [0, 0.1) is 17.2 Å². The molecule has 1 aliphatic carbocycles. The van der Waals surface area contributed by atoms with Crippen LogP contribution in [0.3, 0.4) is 0 Å². The van der Waals surface area contributed by atoms with Crippen molar-refractivity contribution >= 4 is 5.97 Å². The second kappa shape index (κ2) is 5.65. The van der Waals surface area contributed by atoms with Crippen LogP contribution in [0.25, 0.3) is 0 Å². The highest BCUT2D eigenvalue weighted by molar-refractivity contribution is 5.76. The molecule has 4 heteroatoms. The topological polar surface area (TPSA) is 62.1 Å². The van der Waals surface area contributed by atoms with E-state index in [1.165, 1.54) is 7.11 Å². The second-order valence-corrected chi connectivity index (χ2v) is 4.53. The molecule has 0 spiro atoms. The van der Waals surface area contributed by atoms with Gasteiger partial charge in [-0.25, -0.2) is 0 Å². The predicted molar refractivity (Wildman–Crippen MR) is 66.5 cm³/mol. The highest BCUT2D eigenvalue weighted by Crippen LogP contribution is 2.33. The molecule has 1 fully saturated rings. The number of carbonyl (C=O) groups excluding carboxylic acids is 1. The normalized spacial score (nSPS) is 15.8. The van der Waals surface area contributed by atoms with E-state index in [1.807, 2.05) is 12.1 Å². The van der Waals surface area contributed by atoms with Crippen LogP contribution in [0.1, 0.15) is 24.0 Å².